The molecule has 3 heterocycles. The summed E-state index contributed by atoms with van der Waals surface area (Å²) < 4.78 is 6.28. The molecule has 1 aromatic carbocycles. The molecule has 28 heavy (non-hydrogen) atoms. The second-order valence-electron chi connectivity index (χ2n) is 6.61. The van der Waals surface area contributed by atoms with Crippen LogP contribution < -0.4 is 4.90 Å². The van der Waals surface area contributed by atoms with E-state index in [-0.39, 0.29) is 11.4 Å². The van der Waals surface area contributed by atoms with E-state index < -0.39 is 5.91 Å². The van der Waals surface area contributed by atoms with Crippen molar-refractivity contribution >= 4 is 61.5 Å². The Morgan fingerprint density at radius 2 is 2.04 bits per heavy atom. The molecule has 0 saturated carbocycles. The number of aliphatic imine (C=N–C) groups is 1. The van der Waals surface area contributed by atoms with Crippen LogP contribution in [-0.2, 0) is 9.53 Å². The Hall–Kier alpha value is -2.17. The van der Waals surface area contributed by atoms with Crippen LogP contribution in [-0.4, -0.2) is 72.4 Å². The van der Waals surface area contributed by atoms with Crippen LogP contribution in [0.4, 0.5) is 5.69 Å². The Labute approximate surface area is 175 Å². The first-order chi connectivity index (χ1) is 13.4. The third-order valence-electron chi connectivity index (χ3n) is 4.49. The molecule has 1 saturated heterocycles. The molecule has 0 aliphatic carbocycles. The molecule has 0 atom stereocenters. The monoisotopic (exact) mass is 462 g/mol. The smallest absolute Gasteiger partial charge is 0.283 e. The van der Waals surface area contributed by atoms with Gasteiger partial charge in [0.15, 0.2) is 11.0 Å². The number of benzene rings is 1. The minimum Gasteiger partial charge on any atom is -0.378 e. The Bertz CT molecular complexity index is 936. The number of amides is 1. The number of rotatable bonds is 2. The van der Waals surface area contributed by atoms with Crippen molar-refractivity contribution in [1.82, 2.24) is 9.91 Å². The number of thioether (sulfide) groups is 1. The van der Waals surface area contributed by atoms with Crippen molar-refractivity contribution in [2.75, 3.05) is 45.3 Å². The molecule has 8 nitrogen and oxygen atoms in total. The SMILES string of the molecule is CN(C)c1ccc(/C=C2/C(=N)N3N=C(N4CCOCC4)SC3=NC2=O)cc1Br. The first-order valence-electron chi connectivity index (χ1n) is 8.74. The highest BCUT2D eigenvalue weighted by molar-refractivity contribution is 9.10. The second-order valence-corrected chi connectivity index (χ2v) is 8.40. The van der Waals surface area contributed by atoms with E-state index in [1.54, 1.807) is 6.08 Å². The van der Waals surface area contributed by atoms with Crippen LogP contribution in [0.15, 0.2) is 38.3 Å². The van der Waals surface area contributed by atoms with Crippen LogP contribution in [0.3, 0.4) is 0 Å². The number of anilines is 1. The van der Waals surface area contributed by atoms with Crippen molar-refractivity contribution < 1.29 is 9.53 Å². The summed E-state index contributed by atoms with van der Waals surface area (Å²) in [5.41, 5.74) is 2.07. The summed E-state index contributed by atoms with van der Waals surface area (Å²) >= 11 is 4.87. The minimum atomic E-state index is -0.421. The van der Waals surface area contributed by atoms with E-state index in [1.165, 1.54) is 16.8 Å². The highest BCUT2D eigenvalue weighted by atomic mass is 79.9. The fraction of sp³-hybridized carbons (Fsp3) is 0.333. The number of nitrogens with one attached hydrogen (secondary N) is 1. The van der Waals surface area contributed by atoms with E-state index in [0.29, 0.717) is 18.4 Å². The van der Waals surface area contributed by atoms with Gasteiger partial charge in [-0.1, -0.05) is 6.07 Å². The fourth-order valence-corrected chi connectivity index (χ4v) is 4.70. The molecule has 3 aliphatic rings. The van der Waals surface area contributed by atoms with Crippen LogP contribution in [0.2, 0.25) is 0 Å². The molecule has 1 N–H and O–H groups in total. The molecule has 146 valence electrons. The number of halogens is 1. The molecule has 10 heteroatoms. The summed E-state index contributed by atoms with van der Waals surface area (Å²) in [5, 5.41) is 15.6. The Kier molecular flexibility index (Phi) is 5.26. The molecule has 3 aliphatic heterocycles. The maximum absolute atomic E-state index is 12.6. The van der Waals surface area contributed by atoms with Gasteiger partial charge in [0.2, 0.25) is 5.17 Å². The van der Waals surface area contributed by atoms with Gasteiger partial charge in [-0.2, -0.15) is 10.0 Å². The summed E-state index contributed by atoms with van der Waals surface area (Å²) in [6.07, 6.45) is 1.68. The number of hydrazone groups is 1. The lowest BCUT2D eigenvalue weighted by atomic mass is 10.1. The maximum Gasteiger partial charge on any atom is 0.283 e. The third-order valence-corrected chi connectivity index (χ3v) is 6.09. The zero-order chi connectivity index (χ0) is 19.8. The largest absolute Gasteiger partial charge is 0.378 e. The Morgan fingerprint density at radius 3 is 2.71 bits per heavy atom. The van der Waals surface area contributed by atoms with Gasteiger partial charge in [0, 0.05) is 31.7 Å². The van der Waals surface area contributed by atoms with Gasteiger partial charge in [0.1, 0.15) is 0 Å². The van der Waals surface area contributed by atoms with Crippen molar-refractivity contribution in [3.8, 4) is 0 Å². The van der Waals surface area contributed by atoms with Gasteiger partial charge in [-0.3, -0.25) is 10.2 Å². The van der Waals surface area contributed by atoms with E-state index >= 15 is 0 Å². The first kappa shape index (κ1) is 19.2. The van der Waals surface area contributed by atoms with E-state index in [9.17, 15) is 4.79 Å². The molecule has 0 radical (unpaired) electrons. The average Bonchev–Trinajstić information content (AvgIpc) is 3.10. The second kappa shape index (κ2) is 7.69. The van der Waals surface area contributed by atoms with Crippen molar-refractivity contribution in [3.63, 3.8) is 0 Å². The highest BCUT2D eigenvalue weighted by Crippen LogP contribution is 2.31. The summed E-state index contributed by atoms with van der Waals surface area (Å²) in [7, 11) is 3.92. The Morgan fingerprint density at radius 1 is 1.29 bits per heavy atom. The van der Waals surface area contributed by atoms with Crippen molar-refractivity contribution in [2.45, 2.75) is 0 Å². The van der Waals surface area contributed by atoms with E-state index in [2.05, 4.69) is 30.9 Å². The molecule has 0 unspecified atom stereocenters. The lowest BCUT2D eigenvalue weighted by Gasteiger charge is -2.26. The summed E-state index contributed by atoms with van der Waals surface area (Å²) in [4.78, 5) is 20.8. The standard InChI is InChI=1S/C18H19BrN6O2S/c1-23(2)14-4-3-11(10-13(14)19)9-12-15(20)25-17(21-16(12)26)28-18(22-25)24-5-7-27-8-6-24/h3-4,9-10,20H,5-8H2,1-2H3/b12-9-,20-15?. The van der Waals surface area contributed by atoms with Gasteiger partial charge < -0.3 is 14.5 Å². The molecule has 1 amide bonds. The van der Waals surface area contributed by atoms with Crippen LogP contribution in [0.1, 0.15) is 5.56 Å². The number of carbonyl (C=O) groups is 1. The zero-order valence-electron chi connectivity index (χ0n) is 15.5. The van der Waals surface area contributed by atoms with Gasteiger partial charge in [-0.25, -0.2) is 0 Å². The summed E-state index contributed by atoms with van der Waals surface area (Å²) in [6.45, 7) is 2.77. The quantitative estimate of drug-likeness (QED) is 0.679. The van der Waals surface area contributed by atoms with Gasteiger partial charge in [-0.15, -0.1) is 5.10 Å². The van der Waals surface area contributed by atoms with Crippen LogP contribution in [0, 0.1) is 5.41 Å². The molecular formula is C18H19BrN6O2S. The van der Waals surface area contributed by atoms with Gasteiger partial charge in [0.05, 0.1) is 24.5 Å². The fourth-order valence-electron chi connectivity index (χ4n) is 3.01. The number of morpholine rings is 1. The Balaban J connectivity index is 1.61. The van der Waals surface area contributed by atoms with Crippen molar-refractivity contribution in [1.29, 1.82) is 5.41 Å². The van der Waals surface area contributed by atoms with E-state index in [1.807, 2.05) is 37.2 Å². The summed E-state index contributed by atoms with van der Waals surface area (Å²) in [5.74, 6) is -0.381. The maximum atomic E-state index is 12.6. The molecule has 0 bridgehead atoms. The lowest BCUT2D eigenvalue weighted by molar-refractivity contribution is -0.114. The number of ether oxygens (including phenoxy) is 1. The molecule has 0 spiro atoms. The van der Waals surface area contributed by atoms with Gasteiger partial charge >= 0.3 is 0 Å². The van der Waals surface area contributed by atoms with Crippen molar-refractivity contribution in [2.24, 2.45) is 10.1 Å². The van der Waals surface area contributed by atoms with Gasteiger partial charge in [0.25, 0.3) is 5.91 Å². The van der Waals surface area contributed by atoms with E-state index in [4.69, 9.17) is 10.1 Å². The van der Waals surface area contributed by atoms with Gasteiger partial charge in [-0.05, 0) is 51.5 Å². The van der Waals surface area contributed by atoms with Crippen LogP contribution in [0.25, 0.3) is 6.08 Å². The number of fused-ring (bicyclic) bond motifs is 1. The van der Waals surface area contributed by atoms with Crippen LogP contribution >= 0.6 is 27.7 Å². The molecule has 4 rings (SSSR count). The summed E-state index contributed by atoms with van der Waals surface area (Å²) in [6, 6.07) is 5.79. The predicted molar refractivity (Wildman–Crippen MR) is 116 cm³/mol. The van der Waals surface area contributed by atoms with Crippen molar-refractivity contribution in [3.05, 3.63) is 33.8 Å². The molecule has 1 aromatic rings. The zero-order valence-corrected chi connectivity index (χ0v) is 17.9. The number of carbonyl (C=O) groups excluding carboxylic acids is 1. The highest BCUT2D eigenvalue weighted by Gasteiger charge is 2.37. The normalized spacial score (nSPS) is 21.0. The third kappa shape index (κ3) is 3.59. The molecular weight excluding hydrogens is 444 g/mol. The number of amidine groups is 3. The molecule has 0 aromatic heterocycles. The predicted octanol–water partition coefficient (Wildman–Crippen LogP) is 2.42. The van der Waals surface area contributed by atoms with Crippen LogP contribution in [0.5, 0.6) is 0 Å². The first-order valence-corrected chi connectivity index (χ1v) is 10.3. The topological polar surface area (TPSA) is 84.6 Å². The molecule has 1 fully saturated rings. The number of nitrogens with zero attached hydrogens (tertiary/aromatic N) is 5. The number of hydrogen-bond acceptors (Lipinski definition) is 7. The lowest BCUT2D eigenvalue weighted by Crippen LogP contribution is -2.39. The minimum absolute atomic E-state index is 0.0403. The average molecular weight is 463 g/mol. The van der Waals surface area contributed by atoms with E-state index in [0.717, 1.165) is 34.0 Å². The number of hydrogen-bond donors (Lipinski definition) is 1.